The number of carbonyl (C=O) groups is 8. The number of nitrogens with one attached hydrogen (secondary N) is 6. The number of thiocarbonyl (C=S) groups is 1. The summed E-state index contributed by atoms with van der Waals surface area (Å²) in [7, 11) is 1.16. The first kappa shape index (κ1) is 60.2. The lowest BCUT2D eigenvalue weighted by Gasteiger charge is -2.36. The Morgan fingerprint density at radius 3 is 2.08 bits per heavy atom. The average molecular weight is 1190 g/mol. The number of aliphatic carboxylic acids is 2. The van der Waals surface area contributed by atoms with Crippen molar-refractivity contribution >= 4 is 70.7 Å². The molecular weight excluding hydrogens is 1120 g/mol. The number of hydrogen-bond donors (Lipinski definition) is 11. The molecule has 0 radical (unpaired) electrons. The number of esters is 2. The zero-order valence-electron chi connectivity index (χ0n) is 46.1. The molecule has 3 heterocycles. The molecule has 4 aliphatic rings. The third-order valence-corrected chi connectivity index (χ3v) is 15.9. The third-order valence-electron chi connectivity index (χ3n) is 15.6. The molecule has 26 nitrogen and oxygen atoms in total. The predicted molar refractivity (Wildman–Crippen MR) is 304 cm³/mol. The van der Waals surface area contributed by atoms with Gasteiger partial charge in [0.15, 0.2) is 10.7 Å². The molecule has 12 N–H and O–H groups in total. The number of nitrogens with two attached hydrogens (primary N) is 1. The largest absolute Gasteiger partial charge is 0.508 e. The van der Waals surface area contributed by atoms with Crippen molar-refractivity contribution in [2.75, 3.05) is 38.7 Å². The normalized spacial score (nSPS) is 17.6. The first-order valence-corrected chi connectivity index (χ1v) is 28.1. The smallest absolute Gasteiger partial charge is 0.407 e. The topological polar surface area (TPSA) is 383 Å². The van der Waals surface area contributed by atoms with Crippen LogP contribution in [0.15, 0.2) is 78.9 Å². The molecule has 1 spiro atoms. The first-order valence-electron chi connectivity index (χ1n) is 27.7. The van der Waals surface area contributed by atoms with E-state index >= 15 is 0 Å². The highest BCUT2D eigenvalue weighted by atomic mass is 32.1. The van der Waals surface area contributed by atoms with Crippen LogP contribution in [0.4, 0.5) is 10.5 Å². The predicted octanol–water partition coefficient (Wildman–Crippen LogP) is 3.80. The Kier molecular flexibility index (Phi) is 18.8. The van der Waals surface area contributed by atoms with Crippen molar-refractivity contribution in [3.63, 3.8) is 0 Å². The summed E-state index contributed by atoms with van der Waals surface area (Å²) in [5, 5.41) is 65.4. The Morgan fingerprint density at radius 1 is 0.776 bits per heavy atom. The fourth-order valence-corrected chi connectivity index (χ4v) is 11.5. The molecule has 448 valence electrons. The van der Waals surface area contributed by atoms with Gasteiger partial charge in [0.05, 0.1) is 36.4 Å². The minimum atomic E-state index is -1.44. The summed E-state index contributed by atoms with van der Waals surface area (Å²) in [5.41, 5.74) is 9.08. The average Bonchev–Trinajstić information content (AvgIpc) is 1.71. The number of alkyl carbamates (subject to hydrolysis) is 1. The monoisotopic (exact) mass is 1190 g/mol. The van der Waals surface area contributed by atoms with Crippen molar-refractivity contribution in [1.29, 1.82) is 0 Å². The molecule has 0 unspecified atom stereocenters. The quantitative estimate of drug-likeness (QED) is 0.0171. The van der Waals surface area contributed by atoms with Gasteiger partial charge >= 0.3 is 30.0 Å². The van der Waals surface area contributed by atoms with Crippen LogP contribution in [0.5, 0.6) is 23.0 Å². The molecular formula is C58H64N10O16S. The van der Waals surface area contributed by atoms with Gasteiger partial charge in [0, 0.05) is 72.5 Å². The van der Waals surface area contributed by atoms with Gasteiger partial charge in [-0.3, -0.25) is 29.3 Å². The number of phenols is 2. The fraction of sp³-hybridized carbons (Fsp3) is 0.397. The molecule has 0 bridgehead atoms. The minimum absolute atomic E-state index is 0.0453. The Hall–Kier alpha value is -9.37. The van der Waals surface area contributed by atoms with Crippen LogP contribution in [0.25, 0.3) is 5.69 Å². The Labute approximate surface area is 491 Å². The first-order chi connectivity index (χ1) is 40.8. The summed E-state index contributed by atoms with van der Waals surface area (Å²) in [5.74, 6) is -4.43. The maximum absolute atomic E-state index is 13.5. The van der Waals surface area contributed by atoms with E-state index in [4.69, 9.17) is 36.9 Å². The summed E-state index contributed by atoms with van der Waals surface area (Å²) >= 11 is 5.52. The molecule has 1 fully saturated rings. The highest BCUT2D eigenvalue weighted by Crippen LogP contribution is 2.57. The SMILES string of the molecule is COC(=O)[C@H](CCCCNC(=O)c1ccc(-n2nnc3c2CC[C@@H]2[C@H](CC3)[C@@H]2COC(=O)NCCNC(=S)Nc2ccc3c(c2)C(=O)OC32c3ccc(O)cc3Oc3cc(O)ccc32)cc1)NC(=O)CC[C@H](N[C@@H](CCC(N)=O)C(=O)O)C(=O)O. The molecule has 9 rings (SSSR count). The number of ether oxygens (including phenoxy) is 4. The second kappa shape index (κ2) is 26.5. The van der Waals surface area contributed by atoms with E-state index < -0.39 is 65.5 Å². The van der Waals surface area contributed by atoms with E-state index in [0.717, 1.165) is 37.0 Å². The second-order valence-corrected chi connectivity index (χ2v) is 21.5. The number of aryl methyl sites for hydroxylation is 1. The number of hydrogen-bond acceptors (Lipinski definition) is 18. The molecule has 2 aliphatic carbocycles. The maximum Gasteiger partial charge on any atom is 0.407 e. The number of rotatable bonds is 25. The number of benzene rings is 4. The van der Waals surface area contributed by atoms with Gasteiger partial charge in [0.2, 0.25) is 11.8 Å². The van der Waals surface area contributed by atoms with Gasteiger partial charge in [-0.25, -0.2) is 19.1 Å². The molecule has 2 aliphatic heterocycles. The highest BCUT2D eigenvalue weighted by Gasteiger charge is 2.54. The molecule has 5 aromatic rings. The number of anilines is 1. The standard InChI is InChI=1S/C58H64N10O16S/c1-81-55(79)45(65-50(72)22-19-44(53(76)77)64-43(52(74)75)18-21-49(59)71)4-2-3-23-60-51(73)30-5-8-32(9-6-30)68-46-20-13-36-35(12-17-42(46)66-67-68)38(36)29-82-57(80)62-25-24-61-56(85)63-31-7-14-39-37(26-31)54(78)84-58(39)40-15-10-33(69)27-47(40)83-48-28-34(70)11-16-41(48)58/h5-11,14-16,26-28,35-36,38,43-45,64,69-70H,2-4,12-13,17-25,29H2,1H3,(H2,59,71)(H,60,73)(H,62,80)(H,65,72)(H,74,75)(H,76,77)(H2,61,63,85)/t35-,36+,38-,43-,44-,45-/m0/s1. The number of methoxy groups -OCH3 is 1. The number of carboxylic acids is 2. The lowest BCUT2D eigenvalue weighted by molar-refractivity contribution is -0.146. The molecule has 85 heavy (non-hydrogen) atoms. The van der Waals surface area contributed by atoms with E-state index in [-0.39, 0.29) is 104 Å². The number of carbonyl (C=O) groups excluding carboxylic acids is 6. The molecule has 1 aromatic heterocycles. The van der Waals surface area contributed by atoms with Crippen LogP contribution in [-0.2, 0) is 56.6 Å². The molecule has 4 aromatic carbocycles. The van der Waals surface area contributed by atoms with Crippen LogP contribution in [0.2, 0.25) is 0 Å². The van der Waals surface area contributed by atoms with E-state index in [9.17, 15) is 58.8 Å². The van der Waals surface area contributed by atoms with Crippen LogP contribution in [0.1, 0.15) is 107 Å². The molecule has 0 saturated heterocycles. The van der Waals surface area contributed by atoms with Crippen LogP contribution < -0.4 is 42.4 Å². The van der Waals surface area contributed by atoms with E-state index in [1.165, 1.54) is 24.3 Å². The number of fused-ring (bicyclic) bond motifs is 8. The van der Waals surface area contributed by atoms with Gasteiger partial charge in [0.25, 0.3) is 5.91 Å². The summed E-state index contributed by atoms with van der Waals surface area (Å²) < 4.78 is 24.5. The Morgan fingerprint density at radius 2 is 1.42 bits per heavy atom. The number of aromatic nitrogens is 3. The molecule has 6 atom stereocenters. The van der Waals surface area contributed by atoms with Crippen molar-refractivity contribution < 1.29 is 77.7 Å². The number of unbranched alkanes of at least 4 members (excludes halogenated alkanes) is 1. The number of aromatic hydroxyl groups is 2. The zero-order valence-corrected chi connectivity index (χ0v) is 46.9. The number of nitrogens with zero attached hydrogens (tertiary/aromatic N) is 3. The molecule has 4 amide bonds. The van der Waals surface area contributed by atoms with Crippen LogP contribution in [0.3, 0.4) is 0 Å². The molecule has 1 saturated carbocycles. The van der Waals surface area contributed by atoms with E-state index in [2.05, 4.69) is 42.2 Å². The lowest BCUT2D eigenvalue weighted by Crippen LogP contribution is -2.48. The summed E-state index contributed by atoms with van der Waals surface area (Å²) in [6, 6.07) is 17.3. The van der Waals surface area contributed by atoms with E-state index in [0.29, 0.717) is 65.5 Å². The highest BCUT2D eigenvalue weighted by molar-refractivity contribution is 7.80. The van der Waals surface area contributed by atoms with Crippen molar-refractivity contribution in [1.82, 2.24) is 41.6 Å². The number of primary amides is 1. The summed E-state index contributed by atoms with van der Waals surface area (Å²) in [6.45, 7) is 1.03. The van der Waals surface area contributed by atoms with Gasteiger partial charge in [0.1, 0.15) is 41.1 Å². The van der Waals surface area contributed by atoms with Crippen molar-refractivity contribution in [3.8, 4) is 28.7 Å². The zero-order chi connectivity index (χ0) is 60.5. The second-order valence-electron chi connectivity index (χ2n) is 21.1. The van der Waals surface area contributed by atoms with Gasteiger partial charge < -0.3 is 71.7 Å². The van der Waals surface area contributed by atoms with Gasteiger partial charge in [-0.1, -0.05) is 11.3 Å². The Bertz CT molecular complexity index is 3360. The van der Waals surface area contributed by atoms with Crippen molar-refractivity contribution in [3.05, 3.63) is 118 Å². The maximum atomic E-state index is 13.5. The van der Waals surface area contributed by atoms with Gasteiger partial charge in [-0.05, 0) is 148 Å². The summed E-state index contributed by atoms with van der Waals surface area (Å²) in [6.07, 6.45) is 2.38. The van der Waals surface area contributed by atoms with E-state index in [1.807, 2.05) is 0 Å². The van der Waals surface area contributed by atoms with Crippen molar-refractivity contribution in [2.45, 2.75) is 94.4 Å². The lowest BCUT2D eigenvalue weighted by atomic mass is 9.77. The summed E-state index contributed by atoms with van der Waals surface area (Å²) in [4.78, 5) is 99.2. The number of phenolic OH excluding ortho intramolecular Hbond substituents is 2. The fourth-order valence-electron chi connectivity index (χ4n) is 11.3. The number of amides is 4. The van der Waals surface area contributed by atoms with Gasteiger partial charge in [-0.2, -0.15) is 0 Å². The van der Waals surface area contributed by atoms with Crippen LogP contribution >= 0.6 is 12.2 Å². The van der Waals surface area contributed by atoms with Gasteiger partial charge in [-0.15, -0.1) is 5.10 Å². The van der Waals surface area contributed by atoms with E-state index in [1.54, 1.807) is 59.3 Å². The van der Waals surface area contributed by atoms with Crippen LogP contribution in [0, 0.1) is 17.8 Å². The van der Waals surface area contributed by atoms with Crippen LogP contribution in [-0.4, -0.2) is 140 Å². The third kappa shape index (κ3) is 14.0. The minimum Gasteiger partial charge on any atom is -0.508 e. The van der Waals surface area contributed by atoms with Crippen molar-refractivity contribution in [2.24, 2.45) is 23.5 Å². The Balaban J connectivity index is 0.668. The number of carboxylic acid groups (broad SMARTS) is 2. The molecule has 27 heteroatoms.